The van der Waals surface area contributed by atoms with E-state index < -0.39 is 0 Å². The topological polar surface area (TPSA) is 31.2 Å². The zero-order chi connectivity index (χ0) is 16.1. The number of rotatable bonds is 5. The Hall–Kier alpha value is -2.81. The van der Waals surface area contributed by atoms with E-state index in [0.717, 1.165) is 12.1 Å². The van der Waals surface area contributed by atoms with Crippen molar-refractivity contribution in [3.63, 3.8) is 0 Å². The molecule has 3 heteroatoms. The van der Waals surface area contributed by atoms with Gasteiger partial charge in [-0.05, 0) is 29.3 Å². The van der Waals surface area contributed by atoms with Gasteiger partial charge in [-0.15, -0.1) is 0 Å². The fourth-order valence-electron chi connectivity index (χ4n) is 2.72. The van der Waals surface area contributed by atoms with Crippen LogP contribution in [0.4, 0.5) is 0 Å². The lowest BCUT2D eigenvalue weighted by molar-refractivity contribution is 0.0599. The summed E-state index contributed by atoms with van der Waals surface area (Å²) in [5.41, 5.74) is 4.03. The van der Waals surface area contributed by atoms with Crippen LogP contribution in [-0.2, 0) is 17.7 Å². The molecule has 3 nitrogen and oxygen atoms in total. The Balaban J connectivity index is 1.85. The van der Waals surface area contributed by atoms with Crippen LogP contribution in [0, 0.1) is 0 Å². The van der Waals surface area contributed by atoms with Crippen molar-refractivity contribution in [3.8, 4) is 0 Å². The van der Waals surface area contributed by atoms with Crippen LogP contribution in [0.3, 0.4) is 0 Å². The van der Waals surface area contributed by atoms with Gasteiger partial charge in [0, 0.05) is 24.9 Å². The highest BCUT2D eigenvalue weighted by molar-refractivity contribution is 5.91. The Morgan fingerprint density at radius 1 is 0.957 bits per heavy atom. The van der Waals surface area contributed by atoms with Gasteiger partial charge < -0.3 is 9.30 Å². The standard InChI is InChI=1S/C20H19NO2/c1-23-20(22)19-12-6-5-10-17(19)14-18-11-7-13-21(18)15-16-8-3-2-4-9-16/h2-13H,14-15H2,1H3. The number of carbonyl (C=O) groups is 1. The summed E-state index contributed by atoms with van der Waals surface area (Å²) < 4.78 is 7.09. The molecule has 0 aliphatic carbocycles. The molecule has 0 saturated heterocycles. The Labute approximate surface area is 136 Å². The Morgan fingerprint density at radius 2 is 1.70 bits per heavy atom. The molecule has 116 valence electrons. The highest BCUT2D eigenvalue weighted by Crippen LogP contribution is 2.17. The first-order valence-electron chi connectivity index (χ1n) is 7.62. The van der Waals surface area contributed by atoms with Crippen LogP contribution in [-0.4, -0.2) is 17.6 Å². The van der Waals surface area contributed by atoms with Crippen LogP contribution >= 0.6 is 0 Å². The molecule has 0 N–H and O–H groups in total. The largest absolute Gasteiger partial charge is 0.465 e. The highest BCUT2D eigenvalue weighted by Gasteiger charge is 2.12. The molecule has 2 aromatic carbocycles. The minimum atomic E-state index is -0.290. The van der Waals surface area contributed by atoms with Crippen molar-refractivity contribution in [2.24, 2.45) is 0 Å². The molecular formula is C20H19NO2. The summed E-state index contributed by atoms with van der Waals surface area (Å²) in [5.74, 6) is -0.290. The number of hydrogen-bond acceptors (Lipinski definition) is 2. The average Bonchev–Trinajstić information content (AvgIpc) is 3.02. The summed E-state index contributed by atoms with van der Waals surface area (Å²) in [6, 6.07) is 22.1. The maximum absolute atomic E-state index is 11.9. The predicted octanol–water partition coefficient (Wildman–Crippen LogP) is 3.91. The molecule has 0 radical (unpaired) electrons. The van der Waals surface area contributed by atoms with Crippen LogP contribution in [0.25, 0.3) is 0 Å². The molecule has 3 aromatic rings. The second-order valence-electron chi connectivity index (χ2n) is 5.44. The van der Waals surface area contributed by atoms with Crippen LogP contribution in [0.5, 0.6) is 0 Å². The van der Waals surface area contributed by atoms with E-state index in [0.29, 0.717) is 12.0 Å². The van der Waals surface area contributed by atoms with Crippen molar-refractivity contribution in [2.45, 2.75) is 13.0 Å². The number of ether oxygens (including phenoxy) is 1. The van der Waals surface area contributed by atoms with Crippen molar-refractivity contribution < 1.29 is 9.53 Å². The number of carbonyl (C=O) groups excluding carboxylic acids is 1. The predicted molar refractivity (Wildman–Crippen MR) is 90.6 cm³/mol. The zero-order valence-electron chi connectivity index (χ0n) is 13.1. The average molecular weight is 305 g/mol. The van der Waals surface area contributed by atoms with Gasteiger partial charge >= 0.3 is 5.97 Å². The lowest BCUT2D eigenvalue weighted by atomic mass is 10.0. The van der Waals surface area contributed by atoms with E-state index in [1.165, 1.54) is 18.4 Å². The number of nitrogens with zero attached hydrogens (tertiary/aromatic N) is 1. The molecule has 0 spiro atoms. The van der Waals surface area contributed by atoms with E-state index in [-0.39, 0.29) is 5.97 Å². The van der Waals surface area contributed by atoms with Gasteiger partial charge in [-0.2, -0.15) is 0 Å². The number of esters is 1. The highest BCUT2D eigenvalue weighted by atomic mass is 16.5. The molecule has 0 fully saturated rings. The van der Waals surface area contributed by atoms with Gasteiger partial charge in [-0.3, -0.25) is 0 Å². The van der Waals surface area contributed by atoms with Crippen molar-refractivity contribution in [1.82, 2.24) is 4.57 Å². The van der Waals surface area contributed by atoms with Gasteiger partial charge in [0.15, 0.2) is 0 Å². The minimum Gasteiger partial charge on any atom is -0.465 e. The van der Waals surface area contributed by atoms with E-state index in [9.17, 15) is 4.79 Å². The first kappa shape index (κ1) is 15.1. The zero-order valence-corrected chi connectivity index (χ0v) is 13.1. The molecule has 0 bridgehead atoms. The normalized spacial score (nSPS) is 10.5. The SMILES string of the molecule is COC(=O)c1ccccc1Cc1cccn1Cc1ccccc1. The maximum Gasteiger partial charge on any atom is 0.338 e. The second kappa shape index (κ2) is 6.97. The fourth-order valence-corrected chi connectivity index (χ4v) is 2.72. The lowest BCUT2D eigenvalue weighted by Gasteiger charge is -2.12. The number of methoxy groups -OCH3 is 1. The molecule has 3 rings (SSSR count). The summed E-state index contributed by atoms with van der Waals surface area (Å²) in [7, 11) is 1.41. The van der Waals surface area contributed by atoms with Crippen LogP contribution in [0.1, 0.15) is 27.2 Å². The van der Waals surface area contributed by atoms with E-state index in [2.05, 4.69) is 29.0 Å². The monoisotopic (exact) mass is 305 g/mol. The minimum absolute atomic E-state index is 0.290. The third-order valence-corrected chi connectivity index (χ3v) is 3.91. The Bertz CT molecular complexity index is 790. The molecule has 0 saturated carbocycles. The molecule has 0 unspecified atom stereocenters. The first-order chi connectivity index (χ1) is 11.3. The van der Waals surface area contributed by atoms with E-state index in [4.69, 9.17) is 4.74 Å². The number of benzene rings is 2. The van der Waals surface area contributed by atoms with Gasteiger partial charge in [0.05, 0.1) is 12.7 Å². The Morgan fingerprint density at radius 3 is 2.48 bits per heavy atom. The maximum atomic E-state index is 11.9. The van der Waals surface area contributed by atoms with Gasteiger partial charge in [0.25, 0.3) is 0 Å². The first-order valence-corrected chi connectivity index (χ1v) is 7.62. The van der Waals surface area contributed by atoms with Crippen LogP contribution in [0.15, 0.2) is 72.9 Å². The Kier molecular flexibility index (Phi) is 4.57. The molecule has 1 aromatic heterocycles. The third kappa shape index (κ3) is 3.51. The molecule has 1 heterocycles. The van der Waals surface area contributed by atoms with Crippen molar-refractivity contribution in [2.75, 3.05) is 7.11 Å². The molecule has 23 heavy (non-hydrogen) atoms. The van der Waals surface area contributed by atoms with Crippen molar-refractivity contribution in [3.05, 3.63) is 95.3 Å². The summed E-state index contributed by atoms with van der Waals surface area (Å²) in [6.45, 7) is 0.823. The van der Waals surface area contributed by atoms with E-state index >= 15 is 0 Å². The lowest BCUT2D eigenvalue weighted by Crippen LogP contribution is -2.08. The molecule has 0 amide bonds. The van der Waals surface area contributed by atoms with E-state index in [1.54, 1.807) is 0 Å². The number of hydrogen-bond donors (Lipinski definition) is 0. The summed E-state index contributed by atoms with van der Waals surface area (Å²) in [4.78, 5) is 11.9. The summed E-state index contributed by atoms with van der Waals surface area (Å²) >= 11 is 0. The molecule has 0 aliphatic rings. The number of aromatic nitrogens is 1. The third-order valence-electron chi connectivity index (χ3n) is 3.91. The van der Waals surface area contributed by atoms with E-state index in [1.807, 2.05) is 48.5 Å². The van der Waals surface area contributed by atoms with Gasteiger partial charge in [0.2, 0.25) is 0 Å². The quantitative estimate of drug-likeness (QED) is 0.669. The van der Waals surface area contributed by atoms with Crippen molar-refractivity contribution in [1.29, 1.82) is 0 Å². The molecule has 0 atom stereocenters. The second-order valence-corrected chi connectivity index (χ2v) is 5.44. The van der Waals surface area contributed by atoms with Crippen LogP contribution < -0.4 is 0 Å². The smallest absolute Gasteiger partial charge is 0.338 e. The summed E-state index contributed by atoms with van der Waals surface area (Å²) in [5, 5.41) is 0. The molecule has 0 aliphatic heterocycles. The summed E-state index contributed by atoms with van der Waals surface area (Å²) in [6.07, 6.45) is 2.77. The van der Waals surface area contributed by atoms with Crippen molar-refractivity contribution >= 4 is 5.97 Å². The van der Waals surface area contributed by atoms with Gasteiger partial charge in [-0.1, -0.05) is 48.5 Å². The van der Waals surface area contributed by atoms with Crippen LogP contribution in [0.2, 0.25) is 0 Å². The fraction of sp³-hybridized carbons (Fsp3) is 0.150. The van der Waals surface area contributed by atoms with Gasteiger partial charge in [0.1, 0.15) is 0 Å². The van der Waals surface area contributed by atoms with Gasteiger partial charge in [-0.25, -0.2) is 4.79 Å². The molecular weight excluding hydrogens is 286 g/mol.